The summed E-state index contributed by atoms with van der Waals surface area (Å²) in [5.41, 5.74) is 1.57. The highest BCUT2D eigenvalue weighted by Crippen LogP contribution is 2.26. The summed E-state index contributed by atoms with van der Waals surface area (Å²) in [6.07, 6.45) is 5.65. The molecule has 108 valence electrons. The van der Waals surface area contributed by atoms with Gasteiger partial charge in [-0.15, -0.1) is 0 Å². The van der Waals surface area contributed by atoms with Crippen LogP contribution in [0.3, 0.4) is 0 Å². The molecule has 3 heterocycles. The summed E-state index contributed by atoms with van der Waals surface area (Å²) in [4.78, 5) is 10.7. The van der Waals surface area contributed by atoms with Crippen LogP contribution in [0.1, 0.15) is 31.3 Å². The van der Waals surface area contributed by atoms with Gasteiger partial charge in [0.05, 0.1) is 0 Å². The molecule has 0 aliphatic carbocycles. The standard InChI is InChI=1S/C16H19N5/c1-12(2)16-19-5-6-20(16)9-13-10-21(11-13)15-3-4-18-14(7-15)8-17/h3-7,12-13H,9-11H2,1-2H3. The molecule has 1 saturated heterocycles. The summed E-state index contributed by atoms with van der Waals surface area (Å²) in [5, 5.41) is 8.90. The summed E-state index contributed by atoms with van der Waals surface area (Å²) < 4.78 is 2.26. The van der Waals surface area contributed by atoms with E-state index in [0.717, 1.165) is 31.1 Å². The van der Waals surface area contributed by atoms with Crippen molar-refractivity contribution in [3.05, 3.63) is 42.2 Å². The molecule has 0 saturated carbocycles. The number of nitrogens with zero attached hydrogens (tertiary/aromatic N) is 5. The number of nitriles is 1. The highest BCUT2D eigenvalue weighted by molar-refractivity contribution is 5.50. The van der Waals surface area contributed by atoms with Crippen LogP contribution in [0.15, 0.2) is 30.7 Å². The molecule has 0 unspecified atom stereocenters. The molecule has 0 amide bonds. The molecule has 0 aromatic carbocycles. The first-order chi connectivity index (χ1) is 10.2. The minimum absolute atomic E-state index is 0.453. The Morgan fingerprint density at radius 2 is 2.14 bits per heavy atom. The Morgan fingerprint density at radius 3 is 2.86 bits per heavy atom. The molecule has 0 radical (unpaired) electrons. The average Bonchev–Trinajstić information content (AvgIpc) is 2.90. The summed E-state index contributed by atoms with van der Waals surface area (Å²) in [7, 11) is 0. The van der Waals surface area contributed by atoms with Crippen molar-refractivity contribution in [1.82, 2.24) is 14.5 Å². The third-order valence-corrected chi connectivity index (χ3v) is 3.90. The molecule has 1 aliphatic heterocycles. The van der Waals surface area contributed by atoms with Gasteiger partial charge in [-0.25, -0.2) is 9.97 Å². The highest BCUT2D eigenvalue weighted by Gasteiger charge is 2.28. The van der Waals surface area contributed by atoms with Crippen LogP contribution >= 0.6 is 0 Å². The lowest BCUT2D eigenvalue weighted by molar-refractivity contribution is 0.351. The number of hydrogen-bond donors (Lipinski definition) is 0. The van der Waals surface area contributed by atoms with Crippen LogP contribution in [-0.2, 0) is 6.54 Å². The van der Waals surface area contributed by atoms with E-state index < -0.39 is 0 Å². The SMILES string of the molecule is CC(C)c1nccn1CC1CN(c2ccnc(C#N)c2)C1. The van der Waals surface area contributed by atoms with Gasteiger partial charge in [-0.1, -0.05) is 13.8 Å². The van der Waals surface area contributed by atoms with Crippen LogP contribution in [0.2, 0.25) is 0 Å². The first kappa shape index (κ1) is 13.6. The maximum Gasteiger partial charge on any atom is 0.142 e. The molecule has 21 heavy (non-hydrogen) atoms. The Kier molecular flexibility index (Phi) is 3.61. The Labute approximate surface area is 124 Å². The third kappa shape index (κ3) is 2.75. The zero-order chi connectivity index (χ0) is 14.8. The number of rotatable bonds is 4. The maximum atomic E-state index is 8.90. The number of hydrogen-bond acceptors (Lipinski definition) is 4. The molecule has 1 fully saturated rings. The monoisotopic (exact) mass is 281 g/mol. The molecule has 0 N–H and O–H groups in total. The fourth-order valence-electron chi connectivity index (χ4n) is 2.83. The fourth-order valence-corrected chi connectivity index (χ4v) is 2.83. The van der Waals surface area contributed by atoms with Gasteiger partial charge in [0, 0.05) is 55.7 Å². The molecular formula is C16H19N5. The van der Waals surface area contributed by atoms with Crippen molar-refractivity contribution in [1.29, 1.82) is 5.26 Å². The topological polar surface area (TPSA) is 57.7 Å². The minimum Gasteiger partial charge on any atom is -0.371 e. The quantitative estimate of drug-likeness (QED) is 0.863. The van der Waals surface area contributed by atoms with Gasteiger partial charge in [0.1, 0.15) is 17.6 Å². The average molecular weight is 281 g/mol. The van der Waals surface area contributed by atoms with Crippen molar-refractivity contribution in [3.63, 3.8) is 0 Å². The van der Waals surface area contributed by atoms with Crippen LogP contribution in [0.4, 0.5) is 5.69 Å². The molecule has 3 rings (SSSR count). The number of aromatic nitrogens is 3. The molecule has 0 atom stereocenters. The molecule has 5 nitrogen and oxygen atoms in total. The van der Waals surface area contributed by atoms with Crippen molar-refractivity contribution in [2.24, 2.45) is 5.92 Å². The van der Waals surface area contributed by atoms with Gasteiger partial charge in [-0.3, -0.25) is 0 Å². The second-order valence-corrected chi connectivity index (χ2v) is 5.87. The van der Waals surface area contributed by atoms with E-state index >= 15 is 0 Å². The van der Waals surface area contributed by atoms with E-state index in [-0.39, 0.29) is 0 Å². The van der Waals surface area contributed by atoms with Gasteiger partial charge in [0.15, 0.2) is 0 Å². The molecule has 0 spiro atoms. The lowest BCUT2D eigenvalue weighted by atomic mass is 9.99. The molecule has 0 bridgehead atoms. The Hall–Kier alpha value is -2.35. The predicted molar refractivity (Wildman–Crippen MR) is 81.0 cm³/mol. The molecular weight excluding hydrogens is 262 g/mol. The van der Waals surface area contributed by atoms with Crippen molar-refractivity contribution in [2.75, 3.05) is 18.0 Å². The molecule has 5 heteroatoms. The minimum atomic E-state index is 0.453. The molecule has 1 aliphatic rings. The normalized spacial score (nSPS) is 15.0. The smallest absolute Gasteiger partial charge is 0.142 e. The molecule has 2 aromatic heterocycles. The van der Waals surface area contributed by atoms with Gasteiger partial charge < -0.3 is 9.47 Å². The second-order valence-electron chi connectivity index (χ2n) is 5.87. The largest absolute Gasteiger partial charge is 0.371 e. The van der Waals surface area contributed by atoms with Crippen LogP contribution < -0.4 is 4.90 Å². The zero-order valence-electron chi connectivity index (χ0n) is 12.4. The number of imidazole rings is 1. The highest BCUT2D eigenvalue weighted by atomic mass is 15.2. The Morgan fingerprint density at radius 1 is 1.33 bits per heavy atom. The van der Waals surface area contributed by atoms with Gasteiger partial charge in [0.2, 0.25) is 0 Å². The summed E-state index contributed by atoms with van der Waals surface area (Å²) in [6, 6.07) is 5.91. The van der Waals surface area contributed by atoms with E-state index in [0.29, 0.717) is 17.5 Å². The Bertz CT molecular complexity index is 661. The van der Waals surface area contributed by atoms with E-state index in [1.54, 1.807) is 6.20 Å². The summed E-state index contributed by atoms with van der Waals surface area (Å²) in [6.45, 7) is 7.40. The van der Waals surface area contributed by atoms with Crippen LogP contribution in [0, 0.1) is 17.2 Å². The third-order valence-electron chi connectivity index (χ3n) is 3.90. The van der Waals surface area contributed by atoms with Crippen molar-refractivity contribution < 1.29 is 0 Å². The summed E-state index contributed by atoms with van der Waals surface area (Å²) >= 11 is 0. The van der Waals surface area contributed by atoms with Crippen molar-refractivity contribution in [2.45, 2.75) is 26.3 Å². The predicted octanol–water partition coefficient (Wildman–Crippen LogP) is 2.41. The van der Waals surface area contributed by atoms with Gasteiger partial charge >= 0.3 is 0 Å². The first-order valence-corrected chi connectivity index (χ1v) is 7.29. The van der Waals surface area contributed by atoms with E-state index in [1.807, 2.05) is 18.3 Å². The van der Waals surface area contributed by atoms with E-state index in [1.165, 1.54) is 0 Å². The lowest BCUT2D eigenvalue weighted by Gasteiger charge is -2.41. The zero-order valence-corrected chi connectivity index (χ0v) is 12.4. The van der Waals surface area contributed by atoms with Crippen molar-refractivity contribution >= 4 is 5.69 Å². The van der Waals surface area contributed by atoms with Gasteiger partial charge in [-0.2, -0.15) is 5.26 Å². The number of anilines is 1. The second kappa shape index (κ2) is 5.57. The Balaban J connectivity index is 1.61. The fraction of sp³-hybridized carbons (Fsp3) is 0.438. The van der Waals surface area contributed by atoms with E-state index in [2.05, 4.69) is 45.5 Å². The van der Waals surface area contributed by atoms with Gasteiger partial charge in [0.25, 0.3) is 0 Å². The maximum absolute atomic E-state index is 8.90. The lowest BCUT2D eigenvalue weighted by Crippen LogP contribution is -2.48. The van der Waals surface area contributed by atoms with Crippen molar-refractivity contribution in [3.8, 4) is 6.07 Å². The van der Waals surface area contributed by atoms with Crippen LogP contribution in [-0.4, -0.2) is 27.6 Å². The van der Waals surface area contributed by atoms with Crippen LogP contribution in [0.25, 0.3) is 0 Å². The number of pyridine rings is 1. The summed E-state index contributed by atoms with van der Waals surface area (Å²) in [5.74, 6) is 2.24. The van der Waals surface area contributed by atoms with Crippen LogP contribution in [0.5, 0.6) is 0 Å². The first-order valence-electron chi connectivity index (χ1n) is 7.29. The van der Waals surface area contributed by atoms with E-state index in [4.69, 9.17) is 5.26 Å². The van der Waals surface area contributed by atoms with Gasteiger partial charge in [-0.05, 0) is 12.1 Å². The molecule has 2 aromatic rings. The van der Waals surface area contributed by atoms with E-state index in [9.17, 15) is 0 Å².